The summed E-state index contributed by atoms with van der Waals surface area (Å²) in [5.41, 5.74) is 18.0. The molecule has 9 atom stereocenters. The first-order valence-corrected chi connectivity index (χ1v) is 39.2. The summed E-state index contributed by atoms with van der Waals surface area (Å²) in [6, 6.07) is 63.4. The van der Waals surface area contributed by atoms with Crippen LogP contribution in [0.2, 0.25) is 0 Å². The third-order valence-electron chi connectivity index (χ3n) is 18.1. The van der Waals surface area contributed by atoms with Crippen LogP contribution in [0.25, 0.3) is 0 Å². The van der Waals surface area contributed by atoms with E-state index < -0.39 is 0 Å². The number of fused-ring (bicyclic) bond motifs is 2. The molecule has 0 fully saturated rings. The molecule has 2 aliphatic carbocycles. The quantitative estimate of drug-likeness (QED) is 0.118. The lowest BCUT2D eigenvalue weighted by atomic mass is 9.78. The molecule has 0 radical (unpaired) electrons. The lowest BCUT2D eigenvalue weighted by Gasteiger charge is -2.27. The normalized spacial score (nSPS) is 15.3. The molecule has 0 N–H and O–H groups in total. The van der Waals surface area contributed by atoms with Crippen LogP contribution in [0, 0.1) is 24.7 Å². The summed E-state index contributed by atoms with van der Waals surface area (Å²) in [6.07, 6.45) is 11.1. The number of ether oxygens (including phenoxy) is 1. The molecular formula is C95H158O. The van der Waals surface area contributed by atoms with Crippen molar-refractivity contribution in [3.8, 4) is 5.75 Å². The van der Waals surface area contributed by atoms with E-state index in [1.54, 1.807) is 29.4 Å². The highest BCUT2D eigenvalue weighted by Crippen LogP contribution is 2.37. The lowest BCUT2D eigenvalue weighted by molar-refractivity contribution is 0.361. The van der Waals surface area contributed by atoms with Crippen LogP contribution in [0.5, 0.6) is 5.75 Å². The van der Waals surface area contributed by atoms with E-state index in [-0.39, 0.29) is 5.41 Å². The standard InChI is InChI=1S/C14H22.C12H16.C12H18.C11H16O.C11H14.C11H16.C10H14.7C2H6/c1-6-11(2)12-8-7-9-13(10-12)14(3,4)5;1-9-7-11-5-3-4-6-12(11)8-10(9)2;1-4-10(3)12-8-6-7-11(5-2)9-12;1-4-9(2)10-5-7-11(12-3)8-6-10;1-8-7-10-5-3-4-6-11(10)9(8)2;1-4-10(3)11-7-5-9(2)6-8-11;1-3-9(2)10-7-5-4-6-8-10;7*1-2/h7-11H,6H2,1-5H3;3-6,9-10H,7-8H2,1-2H3;6-10H,4-5H2,1-3H3;5-9H,4H2,1-3H3;3-6,8-9H,7H2,1-2H3;5-8,10H,4H2,1-3H3;4-9H,3H2,1-2H3;7*1-2H3. The zero-order valence-electron chi connectivity index (χ0n) is 69.7. The average molecular weight is 1320 g/mol. The van der Waals surface area contributed by atoms with Crippen LogP contribution in [-0.4, -0.2) is 7.11 Å². The van der Waals surface area contributed by atoms with Gasteiger partial charge in [0, 0.05) is 0 Å². The van der Waals surface area contributed by atoms with Crippen LogP contribution in [-0.2, 0) is 31.1 Å². The molecule has 2 aliphatic rings. The lowest BCUT2D eigenvalue weighted by Crippen LogP contribution is -2.20. The fraction of sp³-hybridized carbons (Fsp3) is 0.558. The minimum absolute atomic E-state index is 0.267. The molecule has 1 nitrogen and oxygen atoms in total. The van der Waals surface area contributed by atoms with E-state index in [4.69, 9.17) is 4.74 Å². The first-order chi connectivity index (χ1) is 46.1. The molecule has 96 heavy (non-hydrogen) atoms. The average Bonchev–Trinajstić information content (AvgIpc) is 1.64. The van der Waals surface area contributed by atoms with E-state index >= 15 is 0 Å². The van der Waals surface area contributed by atoms with E-state index in [1.807, 2.05) is 109 Å². The van der Waals surface area contributed by atoms with Crippen LogP contribution in [0.4, 0.5) is 0 Å². The molecule has 0 bridgehead atoms. The maximum absolute atomic E-state index is 5.08. The van der Waals surface area contributed by atoms with Crippen LogP contribution >= 0.6 is 0 Å². The highest BCUT2D eigenvalue weighted by atomic mass is 16.5. The zero-order valence-corrected chi connectivity index (χ0v) is 69.7. The van der Waals surface area contributed by atoms with Crippen molar-refractivity contribution in [2.75, 3.05) is 7.11 Å². The Kier molecular flexibility index (Phi) is 64.8. The van der Waals surface area contributed by atoms with Gasteiger partial charge < -0.3 is 4.74 Å². The fourth-order valence-corrected chi connectivity index (χ4v) is 10.3. The van der Waals surface area contributed by atoms with Crippen LogP contribution in [0.1, 0.15) is 356 Å². The van der Waals surface area contributed by atoms with Gasteiger partial charge in [-0.2, -0.15) is 0 Å². The van der Waals surface area contributed by atoms with Crippen molar-refractivity contribution in [3.63, 3.8) is 0 Å². The molecule has 0 spiro atoms. The van der Waals surface area contributed by atoms with Gasteiger partial charge in [0.25, 0.3) is 0 Å². The summed E-state index contributed by atoms with van der Waals surface area (Å²) in [5, 5.41) is 0. The van der Waals surface area contributed by atoms with E-state index in [2.05, 4.69) is 295 Å². The molecule has 0 heterocycles. The summed E-state index contributed by atoms with van der Waals surface area (Å²) >= 11 is 0. The van der Waals surface area contributed by atoms with E-state index in [0.717, 1.165) is 35.8 Å². The predicted molar refractivity (Wildman–Crippen MR) is 444 cm³/mol. The Balaban J connectivity index is -0.000000325. The molecule has 0 saturated carbocycles. The number of aryl methyl sites for hydroxylation is 2. The molecule has 7 aromatic rings. The van der Waals surface area contributed by atoms with Gasteiger partial charge >= 0.3 is 0 Å². The minimum atomic E-state index is 0.267. The van der Waals surface area contributed by atoms with E-state index in [0.29, 0.717) is 29.6 Å². The topological polar surface area (TPSA) is 9.23 Å². The number of hydrogen-bond donors (Lipinski definition) is 0. The van der Waals surface area contributed by atoms with Crippen molar-refractivity contribution in [2.45, 2.75) is 327 Å². The molecule has 1 heteroatoms. The van der Waals surface area contributed by atoms with Gasteiger partial charge in [-0.25, -0.2) is 0 Å². The molecule has 0 saturated heterocycles. The second-order valence-electron chi connectivity index (χ2n) is 25.4. The second-order valence-corrected chi connectivity index (χ2v) is 25.4. The van der Waals surface area contributed by atoms with Gasteiger partial charge in [0.1, 0.15) is 5.75 Å². The largest absolute Gasteiger partial charge is 0.497 e. The van der Waals surface area contributed by atoms with E-state index in [9.17, 15) is 0 Å². The molecule has 7 aromatic carbocycles. The number of methoxy groups -OCH3 is 1. The van der Waals surface area contributed by atoms with Crippen molar-refractivity contribution >= 4 is 0 Å². The molecule has 0 amide bonds. The van der Waals surface area contributed by atoms with Gasteiger partial charge in [-0.1, -0.05) is 391 Å². The van der Waals surface area contributed by atoms with Gasteiger partial charge in [0.05, 0.1) is 7.11 Å². The summed E-state index contributed by atoms with van der Waals surface area (Å²) in [5.74, 6) is 7.71. The Morgan fingerprint density at radius 1 is 0.354 bits per heavy atom. The van der Waals surface area contributed by atoms with Crippen LogP contribution in [0.3, 0.4) is 0 Å². The summed E-state index contributed by atoms with van der Waals surface area (Å²) < 4.78 is 5.08. The van der Waals surface area contributed by atoms with Crippen molar-refractivity contribution in [3.05, 3.63) is 243 Å². The van der Waals surface area contributed by atoms with Gasteiger partial charge in [-0.3, -0.25) is 0 Å². The van der Waals surface area contributed by atoms with Crippen LogP contribution in [0.15, 0.2) is 176 Å². The van der Waals surface area contributed by atoms with E-state index in [1.165, 1.54) is 95.9 Å². The molecular weight excluding hydrogens is 1160 g/mol. The van der Waals surface area contributed by atoms with Crippen molar-refractivity contribution < 1.29 is 4.74 Å². The third-order valence-corrected chi connectivity index (χ3v) is 18.1. The first-order valence-electron chi connectivity index (χ1n) is 39.2. The molecule has 9 unspecified atom stereocenters. The van der Waals surface area contributed by atoms with Gasteiger partial charge in [-0.15, -0.1) is 0 Å². The van der Waals surface area contributed by atoms with Crippen molar-refractivity contribution in [1.29, 1.82) is 0 Å². The molecule has 0 aromatic heterocycles. The number of benzene rings is 7. The zero-order chi connectivity index (χ0) is 74.8. The summed E-state index contributed by atoms with van der Waals surface area (Å²) in [6.45, 7) is 71.0. The smallest absolute Gasteiger partial charge is 0.118 e. The van der Waals surface area contributed by atoms with Gasteiger partial charge in [0.15, 0.2) is 0 Å². The second kappa shape index (κ2) is 62.8. The van der Waals surface area contributed by atoms with Gasteiger partial charge in [0.2, 0.25) is 0 Å². The van der Waals surface area contributed by atoms with Crippen molar-refractivity contribution in [2.24, 2.45) is 17.8 Å². The summed E-state index contributed by atoms with van der Waals surface area (Å²) in [4.78, 5) is 0. The Hall–Kier alpha value is -5.66. The fourth-order valence-electron chi connectivity index (χ4n) is 10.3. The minimum Gasteiger partial charge on any atom is -0.497 e. The highest BCUT2D eigenvalue weighted by molar-refractivity contribution is 5.36. The van der Waals surface area contributed by atoms with Crippen molar-refractivity contribution in [1.82, 2.24) is 0 Å². The monoisotopic (exact) mass is 1320 g/mol. The Bertz CT molecular complexity index is 2730. The number of rotatable bonds is 12. The molecule has 0 aliphatic heterocycles. The predicted octanol–water partition coefficient (Wildman–Crippen LogP) is 31.4. The Labute approximate surface area is 601 Å². The number of hydrogen-bond acceptors (Lipinski definition) is 1. The highest BCUT2D eigenvalue weighted by Gasteiger charge is 2.25. The summed E-state index contributed by atoms with van der Waals surface area (Å²) in [7, 11) is 1.69. The van der Waals surface area contributed by atoms with Crippen LogP contribution < -0.4 is 4.74 Å². The molecule has 544 valence electrons. The third kappa shape index (κ3) is 40.9. The maximum atomic E-state index is 5.08. The molecule has 9 rings (SSSR count). The Morgan fingerprint density at radius 3 is 1.05 bits per heavy atom. The van der Waals surface area contributed by atoms with Gasteiger partial charge in [-0.05, 0) is 197 Å². The SMILES string of the molecule is CC.CC.CC.CC.CC.CC.CC.CC1Cc2ccccc2C1C.CC1Cc2ccccc2CC1C.CCC(C)c1ccc(C)cc1.CCC(C)c1ccc(OC)cc1.CCC(C)c1cccc(C(C)(C)C)c1.CCC(C)c1ccccc1.CCc1cccc(C(C)CC)c1. The Morgan fingerprint density at radius 2 is 0.677 bits per heavy atom. The maximum Gasteiger partial charge on any atom is 0.118 e. The first kappa shape index (κ1) is 99.0.